The molecule has 1 aromatic carbocycles. The Labute approximate surface area is 173 Å². The van der Waals surface area contributed by atoms with Gasteiger partial charge in [-0.25, -0.2) is 13.1 Å². The van der Waals surface area contributed by atoms with Crippen LogP contribution in [0.2, 0.25) is 0 Å². The monoisotopic (exact) mass is 421 g/mol. The fourth-order valence-electron chi connectivity index (χ4n) is 4.48. The number of rotatable bonds is 6. The molecule has 1 N–H and O–H groups in total. The molecule has 1 atom stereocenters. The molecule has 0 bridgehead atoms. The number of carbonyl (C=O) groups is 2. The van der Waals surface area contributed by atoms with Gasteiger partial charge >= 0.3 is 0 Å². The van der Waals surface area contributed by atoms with Crippen LogP contribution >= 0.6 is 0 Å². The lowest BCUT2D eigenvalue weighted by Crippen LogP contribution is -2.39. The molecule has 0 saturated heterocycles. The largest absolute Gasteiger partial charge is 0.343 e. The first kappa shape index (κ1) is 21.8. The third kappa shape index (κ3) is 4.80. The van der Waals surface area contributed by atoms with Crippen molar-refractivity contribution in [3.63, 3.8) is 0 Å². The van der Waals surface area contributed by atoms with E-state index in [4.69, 9.17) is 0 Å². The van der Waals surface area contributed by atoms with Crippen LogP contribution in [0.1, 0.15) is 57.9 Å². The number of anilines is 1. The summed E-state index contributed by atoms with van der Waals surface area (Å²) in [5, 5.41) is 0. The number of nitrogens with one attached hydrogen (secondary N) is 1. The van der Waals surface area contributed by atoms with E-state index in [9.17, 15) is 18.0 Å². The smallest absolute Gasteiger partial charge is 0.240 e. The van der Waals surface area contributed by atoms with Gasteiger partial charge in [-0.05, 0) is 49.9 Å². The molecule has 1 aromatic rings. The highest BCUT2D eigenvalue weighted by atomic mass is 32.2. The normalized spacial score (nSPS) is 19.8. The van der Waals surface area contributed by atoms with Crippen LogP contribution in [0.5, 0.6) is 0 Å². The lowest BCUT2D eigenvalue weighted by Gasteiger charge is -2.31. The van der Waals surface area contributed by atoms with Crippen molar-refractivity contribution in [2.45, 2.75) is 75.8 Å². The molecule has 2 amide bonds. The van der Waals surface area contributed by atoms with E-state index in [1.54, 1.807) is 21.9 Å². The Kier molecular flexibility index (Phi) is 6.63. The quantitative estimate of drug-likeness (QED) is 0.764. The summed E-state index contributed by atoms with van der Waals surface area (Å²) in [7, 11) is -1.89. The molecule has 3 rings (SSSR count). The van der Waals surface area contributed by atoms with Crippen LogP contribution in [-0.2, 0) is 26.0 Å². The summed E-state index contributed by atoms with van der Waals surface area (Å²) < 4.78 is 27.9. The minimum atomic E-state index is -3.71. The molecular weight excluding hydrogens is 390 g/mol. The Morgan fingerprint density at radius 2 is 1.90 bits per heavy atom. The second-order valence-electron chi connectivity index (χ2n) is 8.18. The minimum absolute atomic E-state index is 0.0151. The summed E-state index contributed by atoms with van der Waals surface area (Å²) in [5.74, 6) is -0.0786. The number of nitrogens with zero attached hydrogens (tertiary/aromatic N) is 2. The zero-order valence-corrected chi connectivity index (χ0v) is 18.3. The molecule has 1 fully saturated rings. The van der Waals surface area contributed by atoms with Crippen LogP contribution in [-0.4, -0.2) is 50.8 Å². The Bertz CT molecular complexity index is 878. The van der Waals surface area contributed by atoms with E-state index in [1.807, 2.05) is 14.0 Å². The van der Waals surface area contributed by atoms with Crippen molar-refractivity contribution < 1.29 is 18.0 Å². The topological polar surface area (TPSA) is 86.8 Å². The Balaban J connectivity index is 1.60. The van der Waals surface area contributed by atoms with Gasteiger partial charge in [0.25, 0.3) is 0 Å². The van der Waals surface area contributed by atoms with Gasteiger partial charge in [0, 0.05) is 44.7 Å². The van der Waals surface area contributed by atoms with Crippen LogP contribution in [0.4, 0.5) is 5.69 Å². The van der Waals surface area contributed by atoms with Crippen molar-refractivity contribution in [2.75, 3.05) is 18.5 Å². The molecule has 7 nitrogen and oxygen atoms in total. The van der Waals surface area contributed by atoms with Gasteiger partial charge in [-0.15, -0.1) is 0 Å². The zero-order chi connectivity index (χ0) is 21.2. The van der Waals surface area contributed by atoms with Crippen molar-refractivity contribution in [2.24, 2.45) is 0 Å². The summed E-state index contributed by atoms with van der Waals surface area (Å²) in [6, 6.07) is 5.13. The Hall–Kier alpha value is -1.93. The van der Waals surface area contributed by atoms with Gasteiger partial charge in [-0.2, -0.15) is 0 Å². The zero-order valence-electron chi connectivity index (χ0n) is 17.5. The average Bonchev–Trinajstić information content (AvgIpc) is 3.02. The van der Waals surface area contributed by atoms with Crippen molar-refractivity contribution >= 4 is 27.5 Å². The third-order valence-corrected chi connectivity index (χ3v) is 7.52. The Morgan fingerprint density at radius 3 is 2.55 bits per heavy atom. The van der Waals surface area contributed by atoms with E-state index in [2.05, 4.69) is 4.72 Å². The van der Waals surface area contributed by atoms with Gasteiger partial charge in [0.2, 0.25) is 21.8 Å². The fraction of sp³-hybridized carbons (Fsp3) is 0.619. The van der Waals surface area contributed by atoms with E-state index >= 15 is 0 Å². The molecule has 2 aliphatic rings. The predicted molar refractivity (Wildman–Crippen MR) is 112 cm³/mol. The lowest BCUT2D eigenvalue weighted by atomic mass is 9.94. The highest BCUT2D eigenvalue weighted by Gasteiger charge is 2.30. The first-order chi connectivity index (χ1) is 13.7. The van der Waals surface area contributed by atoms with Crippen LogP contribution in [0.25, 0.3) is 0 Å². The van der Waals surface area contributed by atoms with Gasteiger partial charge in [-0.1, -0.05) is 19.3 Å². The molecule has 0 aromatic heterocycles. The van der Waals surface area contributed by atoms with Crippen molar-refractivity contribution in [1.82, 2.24) is 9.62 Å². The second-order valence-corrected chi connectivity index (χ2v) is 9.94. The van der Waals surface area contributed by atoms with Gasteiger partial charge in [0.05, 0.1) is 4.90 Å². The molecule has 0 spiro atoms. The maximum absolute atomic E-state index is 12.7. The summed E-state index contributed by atoms with van der Waals surface area (Å²) in [4.78, 5) is 27.9. The molecule has 160 valence electrons. The van der Waals surface area contributed by atoms with Crippen LogP contribution in [0, 0.1) is 0 Å². The Morgan fingerprint density at radius 1 is 1.21 bits per heavy atom. The number of amides is 2. The fourth-order valence-corrected chi connectivity index (χ4v) is 5.56. The summed E-state index contributed by atoms with van der Waals surface area (Å²) in [6.45, 7) is 3.53. The second kappa shape index (κ2) is 8.83. The highest BCUT2D eigenvalue weighted by molar-refractivity contribution is 7.89. The summed E-state index contributed by atoms with van der Waals surface area (Å²) >= 11 is 0. The maximum atomic E-state index is 12.7. The van der Waals surface area contributed by atoms with Gasteiger partial charge in [0.15, 0.2) is 0 Å². The molecule has 8 heteroatoms. The molecule has 0 radical (unpaired) electrons. The van der Waals surface area contributed by atoms with E-state index in [-0.39, 0.29) is 41.8 Å². The van der Waals surface area contributed by atoms with Crippen LogP contribution in [0.3, 0.4) is 0 Å². The molecule has 1 aliphatic heterocycles. The van der Waals surface area contributed by atoms with E-state index < -0.39 is 10.0 Å². The molecule has 1 aliphatic carbocycles. The first-order valence-corrected chi connectivity index (χ1v) is 11.9. The van der Waals surface area contributed by atoms with Crippen LogP contribution in [0.15, 0.2) is 23.1 Å². The van der Waals surface area contributed by atoms with Crippen molar-refractivity contribution in [1.29, 1.82) is 0 Å². The van der Waals surface area contributed by atoms with Crippen LogP contribution < -0.4 is 9.62 Å². The van der Waals surface area contributed by atoms with E-state index in [0.717, 1.165) is 36.9 Å². The maximum Gasteiger partial charge on any atom is 0.240 e. The summed E-state index contributed by atoms with van der Waals surface area (Å²) in [6.07, 6.45) is 6.34. The number of fused-ring (bicyclic) bond motifs is 1. The molecule has 0 unspecified atom stereocenters. The molecule has 1 heterocycles. The first-order valence-electron chi connectivity index (χ1n) is 10.4. The number of sulfonamides is 1. The predicted octanol–water partition coefficient (Wildman–Crippen LogP) is 2.44. The van der Waals surface area contributed by atoms with Gasteiger partial charge in [-0.3, -0.25) is 9.59 Å². The third-order valence-electron chi connectivity index (χ3n) is 6.06. The molecule has 1 saturated carbocycles. The lowest BCUT2D eigenvalue weighted by molar-refractivity contribution is -0.132. The average molecular weight is 422 g/mol. The number of benzene rings is 1. The van der Waals surface area contributed by atoms with Gasteiger partial charge < -0.3 is 9.80 Å². The standard InChI is InChI=1S/C21H31N3O4S/c1-15-13-17-14-19(9-10-20(17)24(15)16(2)25)29(27,28)22-12-11-21(26)23(3)18-7-5-4-6-8-18/h9-10,14-15,18,22H,4-8,11-13H2,1-3H3/t15-/m1/s1. The van der Waals surface area contributed by atoms with Crippen molar-refractivity contribution in [3.8, 4) is 0 Å². The van der Waals surface area contributed by atoms with Crippen molar-refractivity contribution in [3.05, 3.63) is 23.8 Å². The SMILES string of the molecule is CC(=O)N1c2ccc(S(=O)(=O)NCCC(=O)N(C)C3CCCCC3)cc2C[C@H]1C. The number of carbonyl (C=O) groups excluding carboxylic acids is 2. The molecule has 29 heavy (non-hydrogen) atoms. The number of hydrogen-bond acceptors (Lipinski definition) is 4. The summed E-state index contributed by atoms with van der Waals surface area (Å²) in [5.41, 5.74) is 1.62. The highest BCUT2D eigenvalue weighted by Crippen LogP contribution is 2.33. The van der Waals surface area contributed by atoms with E-state index in [1.165, 1.54) is 19.4 Å². The van der Waals surface area contributed by atoms with E-state index in [0.29, 0.717) is 6.42 Å². The number of hydrogen-bond donors (Lipinski definition) is 1. The van der Waals surface area contributed by atoms with Gasteiger partial charge in [0.1, 0.15) is 0 Å². The molecular formula is C21H31N3O4S. The minimum Gasteiger partial charge on any atom is -0.343 e.